The third-order valence-corrected chi connectivity index (χ3v) is 6.34. The smallest absolute Gasteiger partial charge is 0.0133 e. The predicted octanol–water partition coefficient (Wildman–Crippen LogP) is 3.27. The van der Waals surface area contributed by atoms with E-state index in [0.717, 1.165) is 35.5 Å². The predicted molar refractivity (Wildman–Crippen MR) is 60.1 cm³/mol. The first-order valence-corrected chi connectivity index (χ1v) is 6.78. The molecular weight excluding hydrogens is 180 g/mol. The molecule has 0 nitrogen and oxygen atoms in total. The molecule has 0 aromatic rings. The topological polar surface area (TPSA) is 0 Å². The Hall–Kier alpha value is -0.520. The summed E-state index contributed by atoms with van der Waals surface area (Å²) < 4.78 is 0. The molecule has 8 atom stereocenters. The normalized spacial score (nSPS) is 66.7. The summed E-state index contributed by atoms with van der Waals surface area (Å²) in [5.74, 6) is 8.74. The second-order valence-electron chi connectivity index (χ2n) is 6.62. The SMILES string of the molecule is C1=C[C@@H]2[C@@H](C=C1)[C@@H]1CC3C4CC4C[C@H]2[C@H]31. The van der Waals surface area contributed by atoms with Crippen molar-refractivity contribution in [2.75, 3.05) is 0 Å². The highest BCUT2D eigenvalue weighted by molar-refractivity contribution is 5.26. The van der Waals surface area contributed by atoms with E-state index in [9.17, 15) is 0 Å². The monoisotopic (exact) mass is 198 g/mol. The van der Waals surface area contributed by atoms with Gasteiger partial charge in [0.25, 0.3) is 0 Å². The molecule has 5 rings (SSSR count). The molecule has 0 spiro atoms. The van der Waals surface area contributed by atoms with Crippen molar-refractivity contribution in [1.29, 1.82) is 0 Å². The van der Waals surface area contributed by atoms with Crippen LogP contribution in [0.3, 0.4) is 0 Å². The van der Waals surface area contributed by atoms with E-state index in [0.29, 0.717) is 0 Å². The van der Waals surface area contributed by atoms with Crippen molar-refractivity contribution < 1.29 is 0 Å². The number of rotatable bonds is 0. The molecule has 0 heterocycles. The summed E-state index contributed by atoms with van der Waals surface area (Å²) in [6.45, 7) is 0. The molecule has 0 heteroatoms. The average Bonchev–Trinajstić information content (AvgIpc) is 2.90. The quantitative estimate of drug-likeness (QED) is 0.560. The van der Waals surface area contributed by atoms with Gasteiger partial charge in [-0.25, -0.2) is 0 Å². The number of hydrogen-bond donors (Lipinski definition) is 0. The van der Waals surface area contributed by atoms with Crippen LogP contribution < -0.4 is 0 Å². The summed E-state index contributed by atoms with van der Waals surface area (Å²) in [5, 5.41) is 0. The summed E-state index contributed by atoms with van der Waals surface area (Å²) >= 11 is 0. The Morgan fingerprint density at radius 2 is 1.33 bits per heavy atom. The molecule has 0 bridgehead atoms. The molecule has 4 fully saturated rings. The van der Waals surface area contributed by atoms with Crippen LogP contribution in [0.25, 0.3) is 0 Å². The fourth-order valence-electron chi connectivity index (χ4n) is 5.74. The van der Waals surface area contributed by atoms with E-state index in [2.05, 4.69) is 24.3 Å². The van der Waals surface area contributed by atoms with Gasteiger partial charge in [0.15, 0.2) is 0 Å². The highest BCUT2D eigenvalue weighted by atomic mass is 14.7. The van der Waals surface area contributed by atoms with E-state index in [-0.39, 0.29) is 0 Å². The highest BCUT2D eigenvalue weighted by Crippen LogP contribution is 2.73. The van der Waals surface area contributed by atoms with E-state index in [4.69, 9.17) is 0 Å². The molecule has 0 amide bonds. The summed E-state index contributed by atoms with van der Waals surface area (Å²) in [4.78, 5) is 0. The lowest BCUT2D eigenvalue weighted by molar-refractivity contribution is 0.00852. The van der Waals surface area contributed by atoms with Crippen LogP contribution in [0.4, 0.5) is 0 Å². The standard InChI is InChI=1S/C15H18/c1-2-4-10-9(3-1)12-6-8-5-11(8)14-7-13(10)15(12)14/h1-4,8-15H,5-7H2/t8?,9-,10-,11?,12-,13+,14?,15+/m1/s1. The van der Waals surface area contributed by atoms with E-state index in [1.165, 1.54) is 11.8 Å². The van der Waals surface area contributed by atoms with Gasteiger partial charge in [-0.05, 0) is 66.6 Å². The molecule has 0 aliphatic heterocycles. The molecule has 5 aliphatic rings. The van der Waals surface area contributed by atoms with Gasteiger partial charge in [-0.2, -0.15) is 0 Å². The molecular formula is C15H18. The zero-order chi connectivity index (χ0) is 9.57. The molecule has 4 saturated carbocycles. The Morgan fingerprint density at radius 3 is 2.13 bits per heavy atom. The van der Waals surface area contributed by atoms with Crippen LogP contribution in [0.2, 0.25) is 0 Å². The molecule has 5 aliphatic carbocycles. The largest absolute Gasteiger partial charge is 0.0805 e. The fourth-order valence-corrected chi connectivity index (χ4v) is 5.74. The molecule has 0 saturated heterocycles. The van der Waals surface area contributed by atoms with Gasteiger partial charge >= 0.3 is 0 Å². The molecule has 78 valence electrons. The number of hydrogen-bond acceptors (Lipinski definition) is 0. The maximum atomic E-state index is 2.54. The Kier molecular flexibility index (Phi) is 1.16. The summed E-state index contributed by atoms with van der Waals surface area (Å²) in [5.41, 5.74) is 0. The van der Waals surface area contributed by atoms with Crippen molar-refractivity contribution in [2.45, 2.75) is 19.3 Å². The lowest BCUT2D eigenvalue weighted by Crippen LogP contribution is -2.42. The summed E-state index contributed by atoms with van der Waals surface area (Å²) in [6, 6.07) is 0. The van der Waals surface area contributed by atoms with Crippen LogP contribution in [0, 0.1) is 47.3 Å². The van der Waals surface area contributed by atoms with Crippen molar-refractivity contribution >= 4 is 0 Å². The Labute approximate surface area is 91.4 Å². The first kappa shape index (κ1) is 7.70. The first-order valence-electron chi connectivity index (χ1n) is 6.78. The third kappa shape index (κ3) is 0.756. The van der Waals surface area contributed by atoms with Crippen LogP contribution >= 0.6 is 0 Å². The van der Waals surface area contributed by atoms with Crippen LogP contribution in [0.15, 0.2) is 24.3 Å². The van der Waals surface area contributed by atoms with Crippen molar-refractivity contribution in [1.82, 2.24) is 0 Å². The molecule has 0 aromatic carbocycles. The van der Waals surface area contributed by atoms with Gasteiger partial charge in [0.05, 0.1) is 0 Å². The minimum atomic E-state index is 0.941. The maximum Gasteiger partial charge on any atom is -0.0133 e. The van der Waals surface area contributed by atoms with E-state index < -0.39 is 0 Å². The highest BCUT2D eigenvalue weighted by Gasteiger charge is 2.66. The zero-order valence-electron chi connectivity index (χ0n) is 9.05. The first-order chi connectivity index (χ1) is 7.43. The van der Waals surface area contributed by atoms with Crippen LogP contribution in [-0.2, 0) is 0 Å². The minimum absolute atomic E-state index is 0.941. The van der Waals surface area contributed by atoms with Crippen LogP contribution in [0.1, 0.15) is 19.3 Å². The second kappa shape index (κ2) is 2.26. The van der Waals surface area contributed by atoms with E-state index >= 15 is 0 Å². The van der Waals surface area contributed by atoms with Gasteiger partial charge in [-0.1, -0.05) is 24.3 Å². The lowest BCUT2D eigenvalue weighted by Gasteiger charge is -2.48. The Morgan fingerprint density at radius 1 is 0.667 bits per heavy atom. The maximum absolute atomic E-state index is 2.54. The Bertz CT molecular complexity index is 377. The molecule has 15 heavy (non-hydrogen) atoms. The van der Waals surface area contributed by atoms with E-state index in [1.807, 2.05) is 0 Å². The van der Waals surface area contributed by atoms with Gasteiger partial charge in [0, 0.05) is 0 Å². The second-order valence-corrected chi connectivity index (χ2v) is 6.62. The van der Waals surface area contributed by atoms with Gasteiger partial charge in [-0.15, -0.1) is 0 Å². The Balaban J connectivity index is 1.59. The summed E-state index contributed by atoms with van der Waals surface area (Å²) in [6.07, 6.45) is 14.4. The molecule has 0 radical (unpaired) electrons. The summed E-state index contributed by atoms with van der Waals surface area (Å²) in [7, 11) is 0. The van der Waals surface area contributed by atoms with Crippen molar-refractivity contribution in [3.63, 3.8) is 0 Å². The van der Waals surface area contributed by atoms with Gasteiger partial charge in [-0.3, -0.25) is 0 Å². The zero-order valence-corrected chi connectivity index (χ0v) is 9.05. The van der Waals surface area contributed by atoms with Crippen molar-refractivity contribution in [2.24, 2.45) is 47.3 Å². The molecule has 3 unspecified atom stereocenters. The van der Waals surface area contributed by atoms with Crippen molar-refractivity contribution in [3.05, 3.63) is 24.3 Å². The number of fused-ring (bicyclic) bond motifs is 5. The van der Waals surface area contributed by atoms with Gasteiger partial charge in [0.2, 0.25) is 0 Å². The molecule has 0 N–H and O–H groups in total. The third-order valence-electron chi connectivity index (χ3n) is 6.34. The lowest BCUT2D eigenvalue weighted by atomic mass is 9.57. The fraction of sp³-hybridized carbons (Fsp3) is 0.733. The van der Waals surface area contributed by atoms with Crippen LogP contribution in [-0.4, -0.2) is 0 Å². The van der Waals surface area contributed by atoms with Crippen LogP contribution in [0.5, 0.6) is 0 Å². The van der Waals surface area contributed by atoms with E-state index in [1.54, 1.807) is 19.3 Å². The van der Waals surface area contributed by atoms with Crippen molar-refractivity contribution in [3.8, 4) is 0 Å². The average molecular weight is 198 g/mol. The minimum Gasteiger partial charge on any atom is -0.0805 e. The van der Waals surface area contributed by atoms with Gasteiger partial charge < -0.3 is 0 Å². The number of allylic oxidation sites excluding steroid dienone is 4. The molecule has 0 aromatic heterocycles. The van der Waals surface area contributed by atoms with Gasteiger partial charge in [0.1, 0.15) is 0 Å².